The molecule has 2 unspecified atom stereocenters. The van der Waals surface area contributed by atoms with E-state index in [1.807, 2.05) is 40.7 Å². The molecule has 2 saturated heterocycles. The van der Waals surface area contributed by atoms with Gasteiger partial charge in [0.1, 0.15) is 72.1 Å². The Kier molecular flexibility index (Phi) is 29.1. The Bertz CT molecular complexity index is 3160. The number of likely N-dealkylation sites (N-methyl/N-ethyl adjacent to an activating group) is 7. The number of nitrogens with one attached hydrogen (secondary N) is 3. The lowest BCUT2D eigenvalue weighted by molar-refractivity contribution is -0.219. The fraction of sp³-hybridized carbons (Fsp3) is 0.816. The number of rotatable bonds is 11. The number of carbonyl (C=O) groups excluding carboxylic acids is 12. The largest absolute Gasteiger partial charge is 0.397 e. The van der Waals surface area contributed by atoms with E-state index in [0.29, 0.717) is 44.4 Å². The molecule has 592 valence electrons. The van der Waals surface area contributed by atoms with Crippen molar-refractivity contribution in [1.29, 1.82) is 0 Å². The van der Waals surface area contributed by atoms with Crippen molar-refractivity contribution in [3.05, 3.63) is 12.2 Å². The first-order valence-corrected chi connectivity index (χ1v) is 38.3. The van der Waals surface area contributed by atoms with E-state index in [9.17, 15) is 41.9 Å². The number of hydrogen-bond acceptors (Lipinski definition) is 12. The second kappa shape index (κ2) is 35.8. The number of halogens is 5. The number of alkyl halides is 5. The van der Waals surface area contributed by atoms with Crippen molar-refractivity contribution in [1.82, 2.24) is 60.0 Å². The Hall–Kier alpha value is -6.97. The van der Waals surface area contributed by atoms with Crippen LogP contribution in [0.3, 0.4) is 0 Å². The summed E-state index contributed by atoms with van der Waals surface area (Å²) in [6.07, 6.45) is -2.52. The van der Waals surface area contributed by atoms with E-state index < -0.39 is 205 Å². The van der Waals surface area contributed by atoms with Gasteiger partial charge < -0.3 is 60.0 Å². The zero-order chi connectivity index (χ0) is 78.2. The van der Waals surface area contributed by atoms with Gasteiger partial charge in [-0.3, -0.25) is 57.5 Å². The Morgan fingerprint density at radius 1 is 0.648 bits per heavy atom. The molecule has 3 N–H and O–H groups in total. The van der Waals surface area contributed by atoms with Crippen LogP contribution in [0.15, 0.2) is 12.2 Å². The highest BCUT2D eigenvalue weighted by Gasteiger charge is 2.60. The van der Waals surface area contributed by atoms with E-state index in [4.69, 9.17) is 0 Å². The van der Waals surface area contributed by atoms with Crippen LogP contribution in [-0.2, 0) is 57.5 Å². The maximum atomic E-state index is 15.7. The van der Waals surface area contributed by atoms with Crippen LogP contribution < -0.4 is 16.0 Å². The zero-order valence-electron chi connectivity index (χ0n) is 65.0. The first-order valence-electron chi connectivity index (χ1n) is 38.3. The molecule has 29 heteroatoms. The molecule has 0 radical (unpaired) electrons. The molecule has 105 heavy (non-hydrogen) atoms. The Morgan fingerprint density at radius 2 is 1.26 bits per heavy atom. The van der Waals surface area contributed by atoms with E-state index in [1.165, 1.54) is 85.8 Å². The number of hydrogen-bond donors (Lipinski definition) is 3. The lowest BCUT2D eigenvalue weighted by Crippen LogP contribution is -2.71. The summed E-state index contributed by atoms with van der Waals surface area (Å²) in [6.45, 7) is 13.7. The van der Waals surface area contributed by atoms with Gasteiger partial charge >= 0.3 is 6.18 Å². The van der Waals surface area contributed by atoms with Crippen molar-refractivity contribution in [3.8, 4) is 0 Å². The lowest BCUT2D eigenvalue weighted by atomic mass is 9.58. The Morgan fingerprint density at radius 3 is 1.83 bits per heavy atom. The fourth-order valence-corrected chi connectivity index (χ4v) is 17.7. The van der Waals surface area contributed by atoms with Crippen LogP contribution in [-0.4, -0.2) is 270 Å². The maximum Gasteiger partial charge on any atom is 0.397 e. The summed E-state index contributed by atoms with van der Waals surface area (Å²) < 4.78 is 72.8. The van der Waals surface area contributed by atoms with E-state index in [-0.39, 0.29) is 82.2 Å². The summed E-state index contributed by atoms with van der Waals surface area (Å²) in [5.41, 5.74) is -2.21. The van der Waals surface area contributed by atoms with Crippen molar-refractivity contribution in [3.63, 3.8) is 0 Å². The highest BCUT2D eigenvalue weighted by atomic mass is 19.4. The van der Waals surface area contributed by atoms with Crippen molar-refractivity contribution in [2.45, 2.75) is 263 Å². The van der Waals surface area contributed by atoms with Gasteiger partial charge in [0.05, 0.1) is 19.5 Å². The monoisotopic (exact) mass is 1490 g/mol. The normalized spacial score (nSPS) is 32.9. The average Bonchev–Trinajstić information content (AvgIpc) is 1.34. The molecule has 4 aliphatic carbocycles. The molecule has 3 heterocycles. The van der Waals surface area contributed by atoms with Gasteiger partial charge in [-0.2, -0.15) is 13.2 Å². The van der Waals surface area contributed by atoms with Gasteiger partial charge in [0.2, 0.25) is 70.9 Å². The minimum absolute atomic E-state index is 0.0198. The molecular formula is C76H121F5N12O12. The highest BCUT2D eigenvalue weighted by Crippen LogP contribution is 2.50. The molecule has 6 fully saturated rings. The van der Waals surface area contributed by atoms with E-state index in [1.54, 1.807) is 19.9 Å². The third-order valence-electron chi connectivity index (χ3n) is 23.9. The molecular weight excluding hydrogens is 1370 g/mol. The van der Waals surface area contributed by atoms with Gasteiger partial charge in [-0.1, -0.05) is 112 Å². The molecule has 24 nitrogen and oxygen atoms in total. The highest BCUT2D eigenvalue weighted by molar-refractivity contribution is 6.01. The molecule has 7 aliphatic rings. The molecule has 1 spiro atoms. The van der Waals surface area contributed by atoms with E-state index in [0.717, 1.165) is 40.4 Å². The summed E-state index contributed by atoms with van der Waals surface area (Å²) in [5, 5.41) is 8.68. The van der Waals surface area contributed by atoms with Gasteiger partial charge in [-0.25, -0.2) is 8.78 Å². The minimum Gasteiger partial charge on any atom is -0.347 e. The van der Waals surface area contributed by atoms with Crippen LogP contribution in [0, 0.1) is 52.8 Å². The predicted molar refractivity (Wildman–Crippen MR) is 384 cm³/mol. The third-order valence-corrected chi connectivity index (χ3v) is 23.9. The standard InChI is InChI=1S/C76H121F5N12O12/c1-17-47(6)63-71(103)87(12)41-61(96)88(13)54-25-19-18-22-32-92(70(54)102)58(37-48-28-26-45(4)27-29-48)69(101)86(11)40-59(94)82-53(31-30-49-35-51(77)62(52(78)36-49)76(79,80)81)67(99)93-39-46(5)34-56(93)66(98)84-75(42-74(7,8)43-75)73(105)91(16)64(50-23-20-21-24-50)72(104)90(15)57(68(100)85(9)10)38-60(95)89(14)55(33-44(2)3)65(97)83-63/h18-19,44-58,62-64H,17,20-43H2,1-16H3,(H,82,94)(H,83,97)(H,84,98)/b19-18-/t45?,46-,47+,48?,49?,51?,52?,53+,54+,55+,56+,57+,58+,62?,63+,64+/m1/s1. The summed E-state index contributed by atoms with van der Waals surface area (Å²) >= 11 is 0. The summed E-state index contributed by atoms with van der Waals surface area (Å²) in [4.78, 5) is 193. The number of amides is 12. The molecule has 0 aromatic rings. The molecule has 2 bridgehead atoms. The predicted octanol–water partition coefficient (Wildman–Crippen LogP) is 6.68. The summed E-state index contributed by atoms with van der Waals surface area (Å²) in [6, 6.07) is -10.4. The van der Waals surface area contributed by atoms with Gasteiger partial charge in [-0.05, 0) is 130 Å². The second-order valence-electron chi connectivity index (χ2n) is 33.7. The first-order chi connectivity index (χ1) is 49.0. The third kappa shape index (κ3) is 20.6. The maximum absolute atomic E-state index is 15.7. The van der Waals surface area contributed by atoms with Crippen LogP contribution in [0.5, 0.6) is 0 Å². The molecule has 12 atom stereocenters. The molecule has 4 saturated carbocycles. The molecule has 12 amide bonds. The van der Waals surface area contributed by atoms with Crippen LogP contribution in [0.25, 0.3) is 0 Å². The smallest absolute Gasteiger partial charge is 0.347 e. The summed E-state index contributed by atoms with van der Waals surface area (Å²) in [7, 11) is 11.4. The van der Waals surface area contributed by atoms with Gasteiger partial charge in [-0.15, -0.1) is 0 Å². The van der Waals surface area contributed by atoms with Crippen molar-refractivity contribution in [2.75, 3.05) is 82.6 Å². The van der Waals surface area contributed by atoms with Gasteiger partial charge in [0.15, 0.2) is 0 Å². The fourth-order valence-electron chi connectivity index (χ4n) is 17.7. The molecule has 7 rings (SSSR count). The summed E-state index contributed by atoms with van der Waals surface area (Å²) in [5.74, 6) is -13.3. The van der Waals surface area contributed by atoms with Crippen LogP contribution in [0.4, 0.5) is 22.0 Å². The minimum atomic E-state index is -5.16. The van der Waals surface area contributed by atoms with Crippen LogP contribution in [0.1, 0.15) is 190 Å². The Labute approximate surface area is 618 Å². The van der Waals surface area contributed by atoms with Crippen molar-refractivity contribution < 1.29 is 79.5 Å². The quantitative estimate of drug-likeness (QED) is 0.145. The molecule has 0 aromatic carbocycles. The van der Waals surface area contributed by atoms with Crippen LogP contribution >= 0.6 is 0 Å². The number of nitrogens with zero attached hydrogens (tertiary/aromatic N) is 9. The SMILES string of the molecule is CC[C@H](C)[C@@H]1NC(=O)[C@H](CC(C)C)N(C)C(=O)C[C@@H](C(=O)N(C)C)N(C)C(=O)[C@H](C2CCCC2)N(C)C(=O)C2(CC(C)(C)C2)NC(=O)[C@@H]2C[C@@H](C)CN2C(=O)[C@H](CCC2CC(F)C(C(F)(F)F)C(F)C2)NC(=O)CN(C)C(=O)[C@H](CC2CCC(C)CC2)N2CC/C=C\C[C@@H](C2=O)N(C)C(=O)CN(C)C1=O. The van der Waals surface area contributed by atoms with Gasteiger partial charge in [0.25, 0.3) is 0 Å². The first kappa shape index (κ1) is 85.3. The van der Waals surface area contributed by atoms with Crippen LogP contribution in [0.2, 0.25) is 0 Å². The topological polar surface area (TPSA) is 270 Å². The number of fused-ring (bicyclic) bond motifs is 3. The van der Waals surface area contributed by atoms with Crippen molar-refractivity contribution in [2.24, 2.45) is 52.8 Å². The second-order valence-corrected chi connectivity index (χ2v) is 33.7. The van der Waals surface area contributed by atoms with Gasteiger partial charge in [0, 0.05) is 69.5 Å². The Balaban J connectivity index is 1.32. The molecule has 0 aromatic heterocycles. The molecule has 3 aliphatic heterocycles. The zero-order valence-corrected chi connectivity index (χ0v) is 65.0. The lowest BCUT2D eigenvalue weighted by Gasteiger charge is -2.54. The average molecular weight is 1490 g/mol. The van der Waals surface area contributed by atoms with E-state index in [2.05, 4.69) is 22.9 Å². The van der Waals surface area contributed by atoms with E-state index >= 15 is 37.5 Å². The van der Waals surface area contributed by atoms with Crippen molar-refractivity contribution >= 4 is 70.9 Å². The number of carbonyl (C=O) groups is 12.